The number of carbonyl (C=O) groups excluding carboxylic acids is 1. The number of fused-ring (bicyclic) bond motifs is 1. The van der Waals surface area contributed by atoms with Crippen molar-refractivity contribution in [3.8, 4) is 0 Å². The predicted octanol–water partition coefficient (Wildman–Crippen LogP) is -0.383. The molecule has 10 nitrogen and oxygen atoms in total. The maximum absolute atomic E-state index is 11.9. The van der Waals surface area contributed by atoms with Gasteiger partial charge in [0, 0.05) is 19.1 Å². The summed E-state index contributed by atoms with van der Waals surface area (Å²) in [5, 5.41) is 9.52. The van der Waals surface area contributed by atoms with E-state index < -0.39 is 17.6 Å². The number of nitrogen functional groups attached to an aromatic ring is 1. The quantitative estimate of drug-likeness (QED) is 0.436. The second kappa shape index (κ2) is 8.77. The van der Waals surface area contributed by atoms with Gasteiger partial charge in [0.2, 0.25) is 5.95 Å². The average Bonchev–Trinajstić information content (AvgIpc) is 3.03. The molecule has 0 fully saturated rings. The van der Waals surface area contributed by atoms with Crippen LogP contribution in [-0.2, 0) is 16.1 Å². The molecule has 0 saturated heterocycles. The van der Waals surface area contributed by atoms with E-state index in [0.29, 0.717) is 18.6 Å². The van der Waals surface area contributed by atoms with Crippen LogP contribution in [0.3, 0.4) is 0 Å². The van der Waals surface area contributed by atoms with Crippen LogP contribution in [0, 0.1) is 11.8 Å². The molecule has 2 unspecified atom stereocenters. The molecule has 2 aromatic heterocycles. The molecule has 0 aliphatic heterocycles. The highest BCUT2D eigenvalue weighted by molar-refractivity contribution is 5.75. The number of carbonyl (C=O) groups is 1. The van der Waals surface area contributed by atoms with Crippen LogP contribution in [0.2, 0.25) is 0 Å². The lowest BCUT2D eigenvalue weighted by atomic mass is 10.0. The summed E-state index contributed by atoms with van der Waals surface area (Å²) in [5.41, 5.74) is 11.6. The molecule has 6 N–H and O–H groups in total. The minimum Gasteiger partial charge on any atom is -0.464 e. The van der Waals surface area contributed by atoms with Crippen LogP contribution in [0.15, 0.2) is 11.1 Å². The first-order valence-corrected chi connectivity index (χ1v) is 8.61. The molecule has 0 spiro atoms. The van der Waals surface area contributed by atoms with Crippen molar-refractivity contribution < 1.29 is 14.6 Å². The minimum atomic E-state index is -0.671. The van der Waals surface area contributed by atoms with Crippen molar-refractivity contribution in [3.63, 3.8) is 0 Å². The number of aromatic nitrogens is 4. The maximum atomic E-state index is 11.9. The lowest BCUT2D eigenvalue weighted by Crippen LogP contribution is -2.39. The Morgan fingerprint density at radius 3 is 2.88 bits per heavy atom. The fourth-order valence-electron chi connectivity index (χ4n) is 2.47. The van der Waals surface area contributed by atoms with E-state index in [4.69, 9.17) is 16.2 Å². The Morgan fingerprint density at radius 1 is 1.50 bits per heavy atom. The summed E-state index contributed by atoms with van der Waals surface area (Å²) in [4.78, 5) is 34.2. The zero-order valence-electron chi connectivity index (χ0n) is 15.0. The fraction of sp³-hybridized carbons (Fsp3) is 0.625. The Hall–Kier alpha value is -2.46. The number of aryl methyl sites for hydroxylation is 1. The van der Waals surface area contributed by atoms with E-state index in [1.54, 1.807) is 4.57 Å². The molecule has 3 atom stereocenters. The molecular formula is C16H26N6O4. The summed E-state index contributed by atoms with van der Waals surface area (Å²) in [6.45, 7) is 4.21. The lowest BCUT2D eigenvalue weighted by Gasteiger charge is -2.19. The van der Waals surface area contributed by atoms with Crippen LogP contribution in [0.1, 0.15) is 26.7 Å². The van der Waals surface area contributed by atoms with Gasteiger partial charge < -0.3 is 25.9 Å². The summed E-state index contributed by atoms with van der Waals surface area (Å²) in [6.07, 6.45) is 2.77. The number of imidazole rings is 1. The number of nitrogens with one attached hydrogen (secondary N) is 1. The number of aliphatic hydroxyl groups is 1. The van der Waals surface area contributed by atoms with Gasteiger partial charge >= 0.3 is 5.97 Å². The summed E-state index contributed by atoms with van der Waals surface area (Å²) in [7, 11) is 0. The first-order valence-electron chi connectivity index (χ1n) is 8.61. The largest absolute Gasteiger partial charge is 0.464 e. The second-order valence-electron chi connectivity index (χ2n) is 6.44. The van der Waals surface area contributed by atoms with Gasteiger partial charge in [-0.15, -0.1) is 0 Å². The first-order chi connectivity index (χ1) is 12.4. The van der Waals surface area contributed by atoms with Gasteiger partial charge in [0.05, 0.1) is 12.9 Å². The monoisotopic (exact) mass is 366 g/mol. The summed E-state index contributed by atoms with van der Waals surface area (Å²) in [5.74, 6) is -0.690. The number of esters is 1. The van der Waals surface area contributed by atoms with Crippen LogP contribution in [-0.4, -0.2) is 49.9 Å². The molecular weight excluding hydrogens is 340 g/mol. The highest BCUT2D eigenvalue weighted by Gasteiger charge is 2.22. The Balaban J connectivity index is 1.95. The Morgan fingerprint density at radius 2 is 2.23 bits per heavy atom. The standard InChI is InChI=1S/C16H26N6O4/c1-3-9(2)11(17)15(25)26-7-10(6-23)4-5-22-8-19-12-13(22)20-16(18)21-14(12)24/h8-11,23H,3-7,17H2,1-2H3,(H3,18,20,21,24)/t9?,10?,11-/m0/s1. The molecule has 2 rings (SSSR count). The van der Waals surface area contributed by atoms with Gasteiger partial charge in [-0.2, -0.15) is 4.98 Å². The Labute approximate surface area is 150 Å². The number of nitrogens with two attached hydrogens (primary N) is 2. The van der Waals surface area contributed by atoms with Crippen LogP contribution in [0.25, 0.3) is 11.2 Å². The highest BCUT2D eigenvalue weighted by Crippen LogP contribution is 2.12. The number of hydrogen-bond donors (Lipinski definition) is 4. The third kappa shape index (κ3) is 4.58. The molecule has 0 bridgehead atoms. The number of aromatic amines is 1. The Bertz CT molecular complexity index is 802. The van der Waals surface area contributed by atoms with Crippen molar-refractivity contribution >= 4 is 23.1 Å². The van der Waals surface area contributed by atoms with E-state index in [2.05, 4.69) is 15.0 Å². The zero-order valence-corrected chi connectivity index (χ0v) is 15.0. The van der Waals surface area contributed by atoms with Crippen molar-refractivity contribution in [3.05, 3.63) is 16.7 Å². The van der Waals surface area contributed by atoms with E-state index in [9.17, 15) is 14.7 Å². The highest BCUT2D eigenvalue weighted by atomic mass is 16.5. The van der Waals surface area contributed by atoms with Crippen molar-refractivity contribution in [2.75, 3.05) is 18.9 Å². The number of anilines is 1. The van der Waals surface area contributed by atoms with Crippen LogP contribution < -0.4 is 17.0 Å². The average molecular weight is 366 g/mol. The van der Waals surface area contributed by atoms with Crippen LogP contribution in [0.4, 0.5) is 5.95 Å². The third-order valence-corrected chi connectivity index (χ3v) is 4.52. The summed E-state index contributed by atoms with van der Waals surface area (Å²) >= 11 is 0. The smallest absolute Gasteiger partial charge is 0.323 e. The molecule has 2 heterocycles. The zero-order chi connectivity index (χ0) is 19.3. The van der Waals surface area contributed by atoms with Gasteiger partial charge in [-0.1, -0.05) is 20.3 Å². The van der Waals surface area contributed by atoms with E-state index in [1.165, 1.54) is 6.33 Å². The summed E-state index contributed by atoms with van der Waals surface area (Å²) < 4.78 is 6.91. The Kier molecular flexibility index (Phi) is 6.70. The van der Waals surface area contributed by atoms with E-state index in [-0.39, 0.29) is 36.5 Å². The number of ether oxygens (including phenoxy) is 1. The molecule has 0 aliphatic carbocycles. The first kappa shape index (κ1) is 19.9. The van der Waals surface area contributed by atoms with Crippen LogP contribution in [0.5, 0.6) is 0 Å². The SMILES string of the molecule is CCC(C)[C@H](N)C(=O)OCC(CO)CCn1cnc2c(=O)[nH]c(N)nc21. The van der Waals surface area contributed by atoms with Gasteiger partial charge in [-0.3, -0.25) is 14.6 Å². The maximum Gasteiger partial charge on any atom is 0.323 e. The van der Waals surface area contributed by atoms with Gasteiger partial charge in [0.15, 0.2) is 11.2 Å². The molecule has 10 heteroatoms. The topological polar surface area (TPSA) is 162 Å². The van der Waals surface area contributed by atoms with Gasteiger partial charge in [-0.25, -0.2) is 4.98 Å². The number of hydrogen-bond acceptors (Lipinski definition) is 8. The molecule has 2 aromatic rings. The number of H-pyrrole nitrogens is 1. The third-order valence-electron chi connectivity index (χ3n) is 4.52. The summed E-state index contributed by atoms with van der Waals surface area (Å²) in [6, 6.07) is -0.671. The molecule has 0 aromatic carbocycles. The van der Waals surface area contributed by atoms with Crippen molar-refractivity contribution in [2.24, 2.45) is 17.6 Å². The number of rotatable bonds is 9. The molecule has 0 radical (unpaired) electrons. The van der Waals surface area contributed by atoms with E-state index in [0.717, 1.165) is 6.42 Å². The molecule has 0 aliphatic rings. The molecule has 0 amide bonds. The van der Waals surface area contributed by atoms with Crippen molar-refractivity contribution in [1.82, 2.24) is 19.5 Å². The number of nitrogens with zero attached hydrogens (tertiary/aromatic N) is 3. The van der Waals surface area contributed by atoms with Crippen LogP contribution >= 0.6 is 0 Å². The van der Waals surface area contributed by atoms with E-state index in [1.807, 2.05) is 13.8 Å². The second-order valence-corrected chi connectivity index (χ2v) is 6.44. The molecule has 26 heavy (non-hydrogen) atoms. The minimum absolute atomic E-state index is 0.0101. The fourth-order valence-corrected chi connectivity index (χ4v) is 2.47. The molecule has 0 saturated carbocycles. The van der Waals surface area contributed by atoms with E-state index >= 15 is 0 Å². The van der Waals surface area contributed by atoms with Gasteiger partial charge in [0.1, 0.15) is 6.04 Å². The normalized spacial score (nSPS) is 14.9. The number of aliphatic hydroxyl groups excluding tert-OH is 1. The van der Waals surface area contributed by atoms with Crippen molar-refractivity contribution in [2.45, 2.75) is 39.3 Å². The lowest BCUT2D eigenvalue weighted by molar-refractivity contribution is -0.148. The van der Waals surface area contributed by atoms with Gasteiger partial charge in [0.25, 0.3) is 5.56 Å². The van der Waals surface area contributed by atoms with Gasteiger partial charge in [-0.05, 0) is 12.3 Å². The predicted molar refractivity (Wildman–Crippen MR) is 96.1 cm³/mol. The van der Waals surface area contributed by atoms with Crippen molar-refractivity contribution in [1.29, 1.82) is 0 Å². The molecule has 144 valence electrons.